The largest absolute Gasteiger partial charge is 0.358 e. The van der Waals surface area contributed by atoms with Gasteiger partial charge in [-0.1, -0.05) is 12.1 Å². The number of nitrogens with zero attached hydrogens (tertiary/aromatic N) is 2. The number of thiophene rings is 1. The van der Waals surface area contributed by atoms with Gasteiger partial charge in [0.2, 0.25) is 0 Å². The predicted molar refractivity (Wildman–Crippen MR) is 103 cm³/mol. The van der Waals surface area contributed by atoms with Gasteiger partial charge < -0.3 is 15.0 Å². The molecule has 0 saturated carbocycles. The minimum atomic E-state index is -3.69. The number of ether oxygens (including phenoxy) is 1. The summed E-state index contributed by atoms with van der Waals surface area (Å²) in [5, 5.41) is 3.96. The maximum atomic E-state index is 13.8. The molecule has 2 aliphatic rings. The number of benzene rings is 1. The molecule has 1 spiro atoms. The summed E-state index contributed by atoms with van der Waals surface area (Å²) in [6, 6.07) is 5.92. The first kappa shape index (κ1) is 20.2. The number of urea groups is 1. The minimum absolute atomic E-state index is 0.193. The van der Waals surface area contributed by atoms with E-state index < -0.39 is 39.1 Å². The number of piperidine rings is 1. The van der Waals surface area contributed by atoms with E-state index >= 15 is 0 Å². The summed E-state index contributed by atoms with van der Waals surface area (Å²) >= 11 is 1.14. The third-order valence-corrected chi connectivity index (χ3v) is 8.51. The summed E-state index contributed by atoms with van der Waals surface area (Å²) in [7, 11) is -3.69. The number of hydrogen-bond donors (Lipinski definition) is 1. The molecule has 2 aliphatic heterocycles. The standard InChI is InChI=1S/C18H19F2N3O4S2/c19-13-3-1-4-14(20)16(13)21-17(24)22-8-6-18(7-9-22)23(10-11-27-18)29(25,26)15-5-2-12-28-15/h1-5,12H,6-11H2,(H,21,24). The Kier molecular flexibility index (Phi) is 5.32. The Morgan fingerprint density at radius 1 is 1.10 bits per heavy atom. The molecule has 2 fully saturated rings. The number of halogens is 2. The molecule has 2 aromatic rings. The molecular formula is C18H19F2N3O4S2. The maximum absolute atomic E-state index is 13.8. The first-order valence-corrected chi connectivity index (χ1v) is 11.4. The molecule has 2 saturated heterocycles. The zero-order valence-corrected chi connectivity index (χ0v) is 16.9. The Bertz CT molecular complexity index is 986. The van der Waals surface area contributed by atoms with Crippen LogP contribution in [-0.4, -0.2) is 55.6 Å². The number of anilines is 1. The van der Waals surface area contributed by atoms with Crippen LogP contribution in [0.2, 0.25) is 0 Å². The lowest BCUT2D eigenvalue weighted by molar-refractivity contribution is -0.0839. The van der Waals surface area contributed by atoms with E-state index in [-0.39, 0.29) is 43.3 Å². The van der Waals surface area contributed by atoms with Crippen molar-refractivity contribution in [3.8, 4) is 0 Å². The lowest BCUT2D eigenvalue weighted by atomic mass is 10.0. The quantitative estimate of drug-likeness (QED) is 0.791. The molecule has 3 heterocycles. The highest BCUT2D eigenvalue weighted by molar-refractivity contribution is 7.91. The molecule has 4 rings (SSSR count). The van der Waals surface area contributed by atoms with Gasteiger partial charge in [0.25, 0.3) is 10.0 Å². The summed E-state index contributed by atoms with van der Waals surface area (Å²) in [5.41, 5.74) is -1.51. The summed E-state index contributed by atoms with van der Waals surface area (Å²) in [5.74, 6) is -1.72. The Labute approximate surface area is 170 Å². The summed E-state index contributed by atoms with van der Waals surface area (Å²) in [6.45, 7) is 0.904. The van der Waals surface area contributed by atoms with Crippen LogP contribution in [0.1, 0.15) is 12.8 Å². The van der Waals surface area contributed by atoms with Crippen molar-refractivity contribution in [1.29, 1.82) is 0 Å². The molecule has 0 aliphatic carbocycles. The Balaban J connectivity index is 1.46. The van der Waals surface area contributed by atoms with Gasteiger partial charge in [-0.2, -0.15) is 4.31 Å². The van der Waals surface area contributed by atoms with Crippen LogP contribution >= 0.6 is 11.3 Å². The van der Waals surface area contributed by atoms with E-state index in [4.69, 9.17) is 4.74 Å². The smallest absolute Gasteiger partial charge is 0.322 e. The van der Waals surface area contributed by atoms with Crippen LogP contribution in [0.25, 0.3) is 0 Å². The van der Waals surface area contributed by atoms with E-state index in [1.807, 2.05) is 0 Å². The van der Waals surface area contributed by atoms with Gasteiger partial charge in [-0.15, -0.1) is 11.3 Å². The van der Waals surface area contributed by atoms with Crippen molar-refractivity contribution < 1.29 is 26.7 Å². The van der Waals surface area contributed by atoms with Gasteiger partial charge in [-0.05, 0) is 23.6 Å². The topological polar surface area (TPSA) is 79.0 Å². The van der Waals surface area contributed by atoms with Gasteiger partial charge in [0.15, 0.2) is 0 Å². The lowest BCUT2D eigenvalue weighted by Crippen LogP contribution is -2.56. The Morgan fingerprint density at radius 3 is 2.41 bits per heavy atom. The zero-order chi connectivity index (χ0) is 20.6. The number of sulfonamides is 1. The van der Waals surface area contributed by atoms with Crippen molar-refractivity contribution in [3.63, 3.8) is 0 Å². The van der Waals surface area contributed by atoms with Crippen LogP contribution in [0.15, 0.2) is 39.9 Å². The number of rotatable bonds is 3. The molecule has 1 N–H and O–H groups in total. The summed E-state index contributed by atoms with van der Waals surface area (Å²) in [4.78, 5) is 13.8. The molecule has 1 aromatic heterocycles. The third-order valence-electron chi connectivity index (χ3n) is 5.19. The highest BCUT2D eigenvalue weighted by Crippen LogP contribution is 2.39. The Hall–Kier alpha value is -2.08. The van der Waals surface area contributed by atoms with E-state index in [0.29, 0.717) is 0 Å². The first-order chi connectivity index (χ1) is 13.8. The van der Waals surface area contributed by atoms with Crippen LogP contribution in [0.4, 0.5) is 19.3 Å². The van der Waals surface area contributed by atoms with Crippen molar-refractivity contribution in [2.75, 3.05) is 31.6 Å². The molecule has 0 radical (unpaired) electrons. The average Bonchev–Trinajstić information content (AvgIpc) is 3.36. The maximum Gasteiger partial charge on any atom is 0.322 e. The van der Waals surface area contributed by atoms with E-state index in [1.54, 1.807) is 17.5 Å². The molecule has 0 bridgehead atoms. The van der Waals surface area contributed by atoms with E-state index in [1.165, 1.54) is 15.3 Å². The molecule has 7 nitrogen and oxygen atoms in total. The van der Waals surface area contributed by atoms with Crippen LogP contribution in [0.3, 0.4) is 0 Å². The van der Waals surface area contributed by atoms with Gasteiger partial charge in [-0.25, -0.2) is 22.0 Å². The molecule has 11 heteroatoms. The Morgan fingerprint density at radius 2 is 1.79 bits per heavy atom. The van der Waals surface area contributed by atoms with Crippen molar-refractivity contribution in [2.45, 2.75) is 22.8 Å². The number of para-hydroxylation sites is 1. The van der Waals surface area contributed by atoms with Crippen molar-refractivity contribution in [2.24, 2.45) is 0 Å². The second-order valence-electron chi connectivity index (χ2n) is 6.82. The minimum Gasteiger partial charge on any atom is -0.358 e. The normalized spacial score (nSPS) is 19.6. The molecule has 0 unspecified atom stereocenters. The summed E-state index contributed by atoms with van der Waals surface area (Å²) in [6.07, 6.45) is 0.537. The van der Waals surface area contributed by atoms with E-state index in [0.717, 1.165) is 23.5 Å². The summed E-state index contributed by atoms with van der Waals surface area (Å²) < 4.78 is 61.0. The first-order valence-electron chi connectivity index (χ1n) is 9.04. The van der Waals surface area contributed by atoms with Gasteiger partial charge in [0, 0.05) is 32.5 Å². The SMILES string of the molecule is O=C(Nc1c(F)cccc1F)N1CCC2(CC1)OCCN2S(=O)(=O)c1cccs1. The fourth-order valence-electron chi connectivity index (χ4n) is 3.71. The van der Waals surface area contributed by atoms with Crippen LogP contribution in [0.5, 0.6) is 0 Å². The third kappa shape index (κ3) is 3.63. The number of nitrogens with one attached hydrogen (secondary N) is 1. The van der Waals surface area contributed by atoms with E-state index in [9.17, 15) is 22.0 Å². The van der Waals surface area contributed by atoms with Crippen LogP contribution < -0.4 is 5.32 Å². The van der Waals surface area contributed by atoms with Gasteiger partial charge in [0.05, 0.1) is 6.61 Å². The number of amides is 2. The number of likely N-dealkylation sites (tertiary alicyclic amines) is 1. The molecule has 2 amide bonds. The molecule has 1 aromatic carbocycles. The van der Waals surface area contributed by atoms with Crippen molar-refractivity contribution in [3.05, 3.63) is 47.3 Å². The molecular weight excluding hydrogens is 424 g/mol. The van der Waals surface area contributed by atoms with Crippen LogP contribution in [0, 0.1) is 11.6 Å². The van der Waals surface area contributed by atoms with Crippen molar-refractivity contribution >= 4 is 33.1 Å². The zero-order valence-electron chi connectivity index (χ0n) is 15.3. The predicted octanol–water partition coefficient (Wildman–Crippen LogP) is 3.07. The molecule has 0 atom stereocenters. The van der Waals surface area contributed by atoms with Crippen LogP contribution in [-0.2, 0) is 14.8 Å². The highest BCUT2D eigenvalue weighted by Gasteiger charge is 2.51. The number of carbonyl (C=O) groups excluding carboxylic acids is 1. The monoisotopic (exact) mass is 443 g/mol. The van der Waals surface area contributed by atoms with Crippen molar-refractivity contribution in [1.82, 2.24) is 9.21 Å². The highest BCUT2D eigenvalue weighted by atomic mass is 32.2. The second-order valence-corrected chi connectivity index (χ2v) is 9.85. The average molecular weight is 443 g/mol. The molecule has 156 valence electrons. The fraction of sp³-hybridized carbons (Fsp3) is 0.389. The lowest BCUT2D eigenvalue weighted by Gasteiger charge is -2.42. The van der Waals surface area contributed by atoms with Gasteiger partial charge >= 0.3 is 6.03 Å². The fourth-order valence-corrected chi connectivity index (χ4v) is 6.54. The van der Waals surface area contributed by atoms with Gasteiger partial charge in [-0.3, -0.25) is 0 Å². The van der Waals surface area contributed by atoms with E-state index in [2.05, 4.69) is 5.32 Å². The number of hydrogen-bond acceptors (Lipinski definition) is 5. The number of carbonyl (C=O) groups is 1. The molecule has 29 heavy (non-hydrogen) atoms. The van der Waals surface area contributed by atoms with Gasteiger partial charge in [0.1, 0.15) is 27.3 Å². The second kappa shape index (κ2) is 7.63.